The van der Waals surface area contributed by atoms with Crippen LogP contribution in [0.1, 0.15) is 17.5 Å². The van der Waals surface area contributed by atoms with E-state index in [1.807, 2.05) is 60.7 Å². The maximum absolute atomic E-state index is 13.5. The number of carbonyl (C=O) groups excluding carboxylic acids is 3. The lowest BCUT2D eigenvalue weighted by Gasteiger charge is -2.54. The maximum Gasteiger partial charge on any atom is 0.334 e. The molecule has 0 unspecified atom stereocenters. The van der Waals surface area contributed by atoms with Crippen molar-refractivity contribution in [1.29, 1.82) is 0 Å². The van der Waals surface area contributed by atoms with Gasteiger partial charge in [0, 0.05) is 13.1 Å². The molecular weight excluding hydrogens is 474 g/mol. The standard InChI is InChI=1S/C27H29N5O5/c1-2-14-30-19-24(33)31-22(16-25(34)35)26(36)29(15-13-20-9-5-3-6-10-20)18-23(31)32(30)27(37)28-17-21-11-7-4-8-12-21/h1,3-12,22-23H,13-19H2,(H,28,37)(H,34,35)/t22-,23-/m0/s1. The number of hydrazine groups is 1. The number of carboxylic acids is 1. The number of terminal acetylenes is 1. The second-order valence-electron chi connectivity index (χ2n) is 8.93. The lowest BCUT2D eigenvalue weighted by molar-refractivity contribution is -0.190. The third kappa shape index (κ3) is 5.90. The lowest BCUT2D eigenvalue weighted by atomic mass is 10.0. The van der Waals surface area contributed by atoms with Crippen molar-refractivity contribution >= 4 is 23.8 Å². The fourth-order valence-electron chi connectivity index (χ4n) is 4.77. The van der Waals surface area contributed by atoms with Gasteiger partial charge in [-0.1, -0.05) is 66.6 Å². The number of amides is 4. The molecule has 10 heteroatoms. The third-order valence-corrected chi connectivity index (χ3v) is 6.48. The van der Waals surface area contributed by atoms with Gasteiger partial charge in [0.15, 0.2) is 0 Å². The number of aliphatic carboxylic acids is 1. The van der Waals surface area contributed by atoms with Crippen LogP contribution in [0.4, 0.5) is 4.79 Å². The topological polar surface area (TPSA) is 114 Å². The average Bonchev–Trinajstić information content (AvgIpc) is 2.89. The van der Waals surface area contributed by atoms with Gasteiger partial charge < -0.3 is 20.2 Å². The summed E-state index contributed by atoms with van der Waals surface area (Å²) in [4.78, 5) is 54.5. The van der Waals surface area contributed by atoms with E-state index in [1.165, 1.54) is 19.8 Å². The van der Waals surface area contributed by atoms with E-state index in [0.717, 1.165) is 11.1 Å². The van der Waals surface area contributed by atoms with E-state index in [9.17, 15) is 24.3 Å². The predicted octanol–water partition coefficient (Wildman–Crippen LogP) is 1.14. The number of carboxylic acid groups (broad SMARTS) is 1. The zero-order chi connectivity index (χ0) is 26.4. The van der Waals surface area contributed by atoms with Crippen molar-refractivity contribution in [2.75, 3.05) is 26.2 Å². The Morgan fingerprint density at radius 2 is 1.68 bits per heavy atom. The number of rotatable bonds is 8. The predicted molar refractivity (Wildman–Crippen MR) is 134 cm³/mol. The van der Waals surface area contributed by atoms with E-state index in [4.69, 9.17) is 6.42 Å². The highest BCUT2D eigenvalue weighted by Crippen LogP contribution is 2.28. The molecule has 192 valence electrons. The minimum atomic E-state index is -1.23. The molecular formula is C27H29N5O5. The van der Waals surface area contributed by atoms with Crippen LogP contribution in [0.15, 0.2) is 60.7 Å². The van der Waals surface area contributed by atoms with Gasteiger partial charge in [-0.2, -0.15) is 5.01 Å². The lowest BCUT2D eigenvalue weighted by Crippen LogP contribution is -2.76. The second-order valence-corrected chi connectivity index (χ2v) is 8.93. The highest BCUT2D eigenvalue weighted by atomic mass is 16.4. The first kappa shape index (κ1) is 25.7. The molecule has 4 rings (SSSR count). The second kappa shape index (κ2) is 11.6. The Hall–Kier alpha value is -4.36. The first-order valence-electron chi connectivity index (χ1n) is 12.0. The van der Waals surface area contributed by atoms with Gasteiger partial charge in [-0.25, -0.2) is 9.80 Å². The molecule has 37 heavy (non-hydrogen) atoms. The van der Waals surface area contributed by atoms with Gasteiger partial charge in [0.1, 0.15) is 12.2 Å². The fourth-order valence-corrected chi connectivity index (χ4v) is 4.77. The zero-order valence-corrected chi connectivity index (χ0v) is 20.3. The first-order valence-corrected chi connectivity index (χ1v) is 12.0. The number of urea groups is 1. The molecule has 0 radical (unpaired) electrons. The van der Waals surface area contributed by atoms with Crippen LogP contribution < -0.4 is 5.32 Å². The quantitative estimate of drug-likeness (QED) is 0.523. The molecule has 10 nitrogen and oxygen atoms in total. The monoisotopic (exact) mass is 503 g/mol. The van der Waals surface area contributed by atoms with Crippen LogP contribution in [-0.2, 0) is 27.3 Å². The molecule has 0 spiro atoms. The Labute approximate surface area is 215 Å². The number of carbonyl (C=O) groups is 4. The van der Waals surface area contributed by atoms with Crippen molar-refractivity contribution in [2.24, 2.45) is 0 Å². The Morgan fingerprint density at radius 1 is 1.03 bits per heavy atom. The highest BCUT2D eigenvalue weighted by Gasteiger charge is 2.51. The fraction of sp³-hybridized carbons (Fsp3) is 0.333. The van der Waals surface area contributed by atoms with E-state index in [0.29, 0.717) is 13.0 Å². The van der Waals surface area contributed by atoms with Gasteiger partial charge in [-0.05, 0) is 17.5 Å². The molecule has 0 bridgehead atoms. The smallest absolute Gasteiger partial charge is 0.334 e. The van der Waals surface area contributed by atoms with Crippen molar-refractivity contribution in [3.05, 3.63) is 71.8 Å². The van der Waals surface area contributed by atoms with Crippen LogP contribution in [0, 0.1) is 12.3 Å². The molecule has 2 fully saturated rings. The van der Waals surface area contributed by atoms with Crippen LogP contribution in [0.2, 0.25) is 0 Å². The number of piperazine rings is 1. The molecule has 2 aromatic carbocycles. The van der Waals surface area contributed by atoms with Crippen LogP contribution in [-0.4, -0.2) is 87.1 Å². The molecule has 2 aromatic rings. The Kier molecular flexibility index (Phi) is 8.05. The summed E-state index contributed by atoms with van der Waals surface area (Å²) in [6, 6.07) is 17.2. The summed E-state index contributed by atoms with van der Waals surface area (Å²) in [5.74, 6) is 0.378. The molecule has 4 amide bonds. The highest BCUT2D eigenvalue weighted by molar-refractivity contribution is 5.93. The molecule has 0 saturated carbocycles. The van der Waals surface area contributed by atoms with Crippen LogP contribution in [0.5, 0.6) is 0 Å². The van der Waals surface area contributed by atoms with Gasteiger partial charge in [0.05, 0.1) is 26.1 Å². The largest absolute Gasteiger partial charge is 0.481 e. The van der Waals surface area contributed by atoms with Crippen molar-refractivity contribution in [3.8, 4) is 12.3 Å². The summed E-state index contributed by atoms with van der Waals surface area (Å²) in [6.07, 6.45) is 4.62. The summed E-state index contributed by atoms with van der Waals surface area (Å²) in [6.45, 7) is 0.346. The van der Waals surface area contributed by atoms with E-state index < -0.39 is 42.4 Å². The van der Waals surface area contributed by atoms with Crippen molar-refractivity contribution < 1.29 is 24.3 Å². The minimum absolute atomic E-state index is 0.00358. The van der Waals surface area contributed by atoms with E-state index in [-0.39, 0.29) is 26.2 Å². The molecule has 2 saturated heterocycles. The summed E-state index contributed by atoms with van der Waals surface area (Å²) in [5, 5.41) is 15.2. The molecule has 2 heterocycles. The third-order valence-electron chi connectivity index (χ3n) is 6.48. The molecule has 0 aliphatic carbocycles. The summed E-state index contributed by atoms with van der Waals surface area (Å²) < 4.78 is 0. The first-order chi connectivity index (χ1) is 17.9. The molecule has 2 aliphatic heterocycles. The normalized spacial score (nSPS) is 19.8. The molecule has 2 N–H and O–H groups in total. The maximum atomic E-state index is 13.5. The van der Waals surface area contributed by atoms with Gasteiger partial charge in [-0.15, -0.1) is 6.42 Å². The Balaban J connectivity index is 1.62. The Bertz CT molecular complexity index is 1180. The molecule has 0 aromatic heterocycles. The van der Waals surface area contributed by atoms with Gasteiger partial charge in [0.25, 0.3) is 0 Å². The van der Waals surface area contributed by atoms with Crippen molar-refractivity contribution in [2.45, 2.75) is 31.6 Å². The Morgan fingerprint density at radius 3 is 2.30 bits per heavy atom. The number of benzene rings is 2. The number of hydrogen-bond acceptors (Lipinski definition) is 5. The van der Waals surface area contributed by atoms with Gasteiger partial charge >= 0.3 is 12.0 Å². The number of nitrogens with zero attached hydrogens (tertiary/aromatic N) is 4. The van der Waals surface area contributed by atoms with E-state index in [1.54, 1.807) is 0 Å². The van der Waals surface area contributed by atoms with Gasteiger partial charge in [0.2, 0.25) is 11.8 Å². The van der Waals surface area contributed by atoms with E-state index >= 15 is 0 Å². The molecule has 2 aliphatic rings. The van der Waals surface area contributed by atoms with Crippen molar-refractivity contribution in [3.63, 3.8) is 0 Å². The average molecular weight is 504 g/mol. The summed E-state index contributed by atoms with van der Waals surface area (Å²) >= 11 is 0. The van der Waals surface area contributed by atoms with Crippen LogP contribution >= 0.6 is 0 Å². The number of nitrogens with one attached hydrogen (secondary N) is 1. The number of fused-ring (bicyclic) bond motifs is 1. The van der Waals surface area contributed by atoms with Crippen LogP contribution in [0.3, 0.4) is 0 Å². The minimum Gasteiger partial charge on any atom is -0.481 e. The van der Waals surface area contributed by atoms with E-state index in [2.05, 4.69) is 11.2 Å². The SMILES string of the molecule is C#CCN1CC(=O)N2[C@@H](CC(=O)O)C(=O)N(CCc3ccccc3)C[C@@H]2N1C(=O)NCc1ccccc1. The summed E-state index contributed by atoms with van der Waals surface area (Å²) in [7, 11) is 0. The number of hydrogen-bond donors (Lipinski definition) is 2. The zero-order valence-electron chi connectivity index (χ0n) is 20.3. The van der Waals surface area contributed by atoms with Gasteiger partial charge in [-0.3, -0.25) is 14.4 Å². The summed E-state index contributed by atoms with van der Waals surface area (Å²) in [5.41, 5.74) is 1.90. The van der Waals surface area contributed by atoms with Crippen LogP contribution in [0.25, 0.3) is 0 Å². The van der Waals surface area contributed by atoms with Crippen molar-refractivity contribution in [1.82, 2.24) is 25.1 Å². The molecule has 2 atom stereocenters.